The van der Waals surface area contributed by atoms with Crippen LogP contribution >= 0.6 is 11.3 Å². The van der Waals surface area contributed by atoms with E-state index < -0.39 is 5.54 Å². The number of nitrogens with zero attached hydrogens (tertiary/aromatic N) is 3. The van der Waals surface area contributed by atoms with Crippen LogP contribution in [0.25, 0.3) is 0 Å². The number of carbonyl (C=O) groups excluding carboxylic acids is 3. The molecule has 4 rings (SSSR count). The summed E-state index contributed by atoms with van der Waals surface area (Å²) in [6.07, 6.45) is 5.60. The molecule has 0 atom stereocenters. The third kappa shape index (κ3) is 2.77. The second-order valence-electron chi connectivity index (χ2n) is 6.69. The van der Waals surface area contributed by atoms with E-state index in [0.29, 0.717) is 23.9 Å². The lowest BCUT2D eigenvalue weighted by molar-refractivity contribution is -0.131. The van der Waals surface area contributed by atoms with Gasteiger partial charge in [0.2, 0.25) is 11.0 Å². The van der Waals surface area contributed by atoms with Crippen LogP contribution in [0.5, 0.6) is 0 Å². The summed E-state index contributed by atoms with van der Waals surface area (Å²) in [5.41, 5.74) is -0.716. The van der Waals surface area contributed by atoms with Crippen molar-refractivity contribution in [3.05, 3.63) is 5.01 Å². The normalized spacial score (nSPS) is 22.2. The van der Waals surface area contributed by atoms with E-state index in [0.717, 1.165) is 30.7 Å². The highest BCUT2D eigenvalue weighted by Crippen LogP contribution is 2.42. The van der Waals surface area contributed by atoms with Gasteiger partial charge in [-0.25, -0.2) is 4.79 Å². The Morgan fingerprint density at radius 1 is 1.29 bits per heavy atom. The zero-order chi connectivity index (χ0) is 16.7. The Morgan fingerprint density at radius 2 is 2.04 bits per heavy atom. The summed E-state index contributed by atoms with van der Waals surface area (Å²) in [6, 6.07) is -0.387. The number of nitrogens with one attached hydrogen (secondary N) is 2. The highest BCUT2D eigenvalue weighted by atomic mass is 32.1. The van der Waals surface area contributed by atoms with Gasteiger partial charge in [-0.1, -0.05) is 24.2 Å². The first-order valence-electron chi connectivity index (χ1n) is 8.35. The van der Waals surface area contributed by atoms with E-state index in [1.807, 2.05) is 0 Å². The van der Waals surface area contributed by atoms with Gasteiger partial charge in [-0.3, -0.25) is 14.5 Å². The SMILES string of the molecule is O=C(CCN1C(=O)NC2(CCCC2)C1=O)Nc1nnc(C2CC2)s1. The molecular weight excluding hydrogens is 330 g/mol. The van der Waals surface area contributed by atoms with Gasteiger partial charge in [0.15, 0.2) is 0 Å². The lowest BCUT2D eigenvalue weighted by Gasteiger charge is -2.19. The van der Waals surface area contributed by atoms with Crippen LogP contribution < -0.4 is 10.6 Å². The first-order valence-corrected chi connectivity index (χ1v) is 9.16. The Balaban J connectivity index is 1.31. The standard InChI is InChI=1S/C15H19N5O3S/c21-10(16-13-19-18-11(24-13)9-3-4-9)5-8-20-12(22)15(17-14(20)23)6-1-2-7-15/h9H,1-8H2,(H,17,23)(H,16,19,21). The van der Waals surface area contributed by atoms with Crippen molar-refractivity contribution in [1.29, 1.82) is 0 Å². The molecule has 9 heteroatoms. The molecule has 0 aromatic carbocycles. The van der Waals surface area contributed by atoms with Crippen molar-refractivity contribution in [2.45, 2.75) is 56.4 Å². The second kappa shape index (κ2) is 5.80. The summed E-state index contributed by atoms with van der Waals surface area (Å²) in [7, 11) is 0. The van der Waals surface area contributed by atoms with Crippen LogP contribution in [0.15, 0.2) is 0 Å². The lowest BCUT2D eigenvalue weighted by Crippen LogP contribution is -2.44. The molecule has 1 aromatic heterocycles. The van der Waals surface area contributed by atoms with Crippen molar-refractivity contribution < 1.29 is 14.4 Å². The van der Waals surface area contributed by atoms with Crippen LogP contribution in [0.3, 0.4) is 0 Å². The lowest BCUT2D eigenvalue weighted by atomic mass is 9.98. The average Bonchev–Trinajstić information content (AvgIpc) is 3.02. The molecule has 8 nitrogen and oxygen atoms in total. The highest BCUT2D eigenvalue weighted by molar-refractivity contribution is 7.15. The van der Waals surface area contributed by atoms with E-state index in [4.69, 9.17) is 0 Å². The van der Waals surface area contributed by atoms with Crippen molar-refractivity contribution in [3.63, 3.8) is 0 Å². The van der Waals surface area contributed by atoms with Gasteiger partial charge in [0.1, 0.15) is 10.5 Å². The minimum absolute atomic E-state index is 0.0631. The van der Waals surface area contributed by atoms with Gasteiger partial charge in [-0.05, 0) is 25.7 Å². The zero-order valence-corrected chi connectivity index (χ0v) is 14.0. The molecule has 0 radical (unpaired) electrons. The molecule has 2 heterocycles. The molecule has 4 amide bonds. The number of imide groups is 1. The molecule has 3 aliphatic rings. The summed E-state index contributed by atoms with van der Waals surface area (Å²) in [4.78, 5) is 37.7. The molecule has 0 unspecified atom stereocenters. The van der Waals surface area contributed by atoms with Gasteiger partial charge in [0.05, 0.1) is 0 Å². The van der Waals surface area contributed by atoms with Crippen molar-refractivity contribution >= 4 is 34.3 Å². The first-order chi connectivity index (χ1) is 11.6. The van der Waals surface area contributed by atoms with Gasteiger partial charge in [-0.15, -0.1) is 10.2 Å². The number of amides is 4. The number of aromatic nitrogens is 2. The average molecular weight is 349 g/mol. The van der Waals surface area contributed by atoms with Crippen LogP contribution in [0.4, 0.5) is 9.93 Å². The van der Waals surface area contributed by atoms with E-state index >= 15 is 0 Å². The van der Waals surface area contributed by atoms with Gasteiger partial charge >= 0.3 is 6.03 Å². The molecule has 1 spiro atoms. The van der Waals surface area contributed by atoms with Crippen molar-refractivity contribution in [1.82, 2.24) is 20.4 Å². The third-order valence-electron chi connectivity index (χ3n) is 4.88. The highest BCUT2D eigenvalue weighted by Gasteiger charge is 2.52. The first kappa shape index (κ1) is 15.5. The van der Waals surface area contributed by atoms with Crippen molar-refractivity contribution in [2.75, 3.05) is 11.9 Å². The number of hydrogen-bond acceptors (Lipinski definition) is 6. The molecule has 1 aliphatic heterocycles. The predicted molar refractivity (Wildman–Crippen MR) is 86.6 cm³/mol. The molecule has 1 saturated heterocycles. The number of anilines is 1. The number of hydrogen-bond donors (Lipinski definition) is 2. The minimum Gasteiger partial charge on any atom is -0.323 e. The fraction of sp³-hybridized carbons (Fsp3) is 0.667. The Hall–Kier alpha value is -2.03. The Kier molecular flexibility index (Phi) is 3.75. The van der Waals surface area contributed by atoms with Crippen molar-refractivity contribution in [3.8, 4) is 0 Å². The van der Waals surface area contributed by atoms with Crippen LogP contribution in [0, 0.1) is 0 Å². The van der Waals surface area contributed by atoms with Crippen molar-refractivity contribution in [2.24, 2.45) is 0 Å². The number of carbonyl (C=O) groups is 3. The Bertz CT molecular complexity index is 693. The Labute approximate surface area is 143 Å². The van der Waals surface area contributed by atoms with Crippen LogP contribution in [0.1, 0.15) is 55.9 Å². The summed E-state index contributed by atoms with van der Waals surface area (Å²) in [5, 5.41) is 15.0. The quantitative estimate of drug-likeness (QED) is 0.786. The monoisotopic (exact) mass is 349 g/mol. The number of rotatable bonds is 5. The third-order valence-corrected chi connectivity index (χ3v) is 5.88. The molecule has 2 aliphatic carbocycles. The molecule has 24 heavy (non-hydrogen) atoms. The van der Waals surface area contributed by atoms with Crippen LogP contribution in [0.2, 0.25) is 0 Å². The molecule has 128 valence electrons. The molecule has 1 aromatic rings. The van der Waals surface area contributed by atoms with Gasteiger partial charge in [0, 0.05) is 18.9 Å². The maximum Gasteiger partial charge on any atom is 0.325 e. The topological polar surface area (TPSA) is 104 Å². The van der Waals surface area contributed by atoms with E-state index in [-0.39, 0.29) is 30.8 Å². The minimum atomic E-state index is -0.716. The summed E-state index contributed by atoms with van der Waals surface area (Å²) in [5.74, 6) is 0.0490. The molecule has 2 saturated carbocycles. The van der Waals surface area contributed by atoms with E-state index in [1.54, 1.807) is 0 Å². The van der Waals surface area contributed by atoms with Crippen LogP contribution in [-0.4, -0.2) is 45.0 Å². The van der Waals surface area contributed by atoms with Crippen LogP contribution in [-0.2, 0) is 9.59 Å². The fourth-order valence-corrected chi connectivity index (χ4v) is 4.30. The largest absolute Gasteiger partial charge is 0.325 e. The molecule has 3 fully saturated rings. The van der Waals surface area contributed by atoms with E-state index in [9.17, 15) is 14.4 Å². The summed E-state index contributed by atoms with van der Waals surface area (Å²) < 4.78 is 0. The zero-order valence-electron chi connectivity index (χ0n) is 13.2. The fourth-order valence-electron chi connectivity index (χ4n) is 3.37. The smallest absolute Gasteiger partial charge is 0.323 e. The summed E-state index contributed by atoms with van der Waals surface area (Å²) in [6.45, 7) is 0.0898. The van der Waals surface area contributed by atoms with Gasteiger partial charge in [0.25, 0.3) is 5.91 Å². The molecule has 2 N–H and O–H groups in total. The van der Waals surface area contributed by atoms with E-state index in [2.05, 4.69) is 20.8 Å². The maximum absolute atomic E-state index is 12.5. The molecular formula is C15H19N5O3S. The van der Waals surface area contributed by atoms with Gasteiger partial charge in [-0.2, -0.15) is 0 Å². The predicted octanol–water partition coefficient (Wildman–Crippen LogP) is 1.61. The second-order valence-corrected chi connectivity index (χ2v) is 7.70. The summed E-state index contributed by atoms with van der Waals surface area (Å²) >= 11 is 1.39. The maximum atomic E-state index is 12.5. The Morgan fingerprint density at radius 3 is 2.75 bits per heavy atom. The number of urea groups is 1. The van der Waals surface area contributed by atoms with Gasteiger partial charge < -0.3 is 10.6 Å². The molecule has 0 bridgehead atoms. The van der Waals surface area contributed by atoms with E-state index in [1.165, 1.54) is 16.2 Å².